The number of benzene rings is 2. The zero-order chi connectivity index (χ0) is 20.4. The van der Waals surface area contributed by atoms with Crippen LogP contribution >= 0.6 is 11.8 Å². The summed E-state index contributed by atoms with van der Waals surface area (Å²) in [5.41, 5.74) is 2.24. The minimum absolute atomic E-state index is 0.252. The quantitative estimate of drug-likeness (QED) is 0.481. The second-order valence-electron chi connectivity index (χ2n) is 6.27. The minimum Gasteiger partial charge on any atom is -0.493 e. The normalized spacial score (nSPS) is 11.0. The predicted octanol–water partition coefficient (Wildman–Crippen LogP) is 3.59. The van der Waals surface area contributed by atoms with Crippen molar-refractivity contribution in [2.75, 3.05) is 14.2 Å². The lowest BCUT2D eigenvalue weighted by Crippen LogP contribution is -2.11. The molecule has 0 saturated carbocycles. The molecule has 0 radical (unpaired) electrons. The van der Waals surface area contributed by atoms with Crippen molar-refractivity contribution >= 4 is 22.7 Å². The second-order valence-corrected chi connectivity index (χ2v) is 7.19. The first-order valence-electron chi connectivity index (χ1n) is 8.75. The van der Waals surface area contributed by atoms with Crippen molar-refractivity contribution in [2.24, 2.45) is 0 Å². The molecule has 0 aliphatic heterocycles. The van der Waals surface area contributed by atoms with Crippen LogP contribution in [0.1, 0.15) is 11.4 Å². The van der Waals surface area contributed by atoms with E-state index in [1.165, 1.54) is 26.0 Å². The van der Waals surface area contributed by atoms with Crippen LogP contribution in [-0.4, -0.2) is 34.4 Å². The lowest BCUT2D eigenvalue weighted by Gasteiger charge is -2.09. The highest BCUT2D eigenvalue weighted by Gasteiger charge is 2.13. The topological polar surface area (TPSA) is 103 Å². The molecular weight excluding hydrogens is 392 g/mol. The van der Waals surface area contributed by atoms with Crippen LogP contribution in [0.15, 0.2) is 50.8 Å². The van der Waals surface area contributed by atoms with Gasteiger partial charge in [0.15, 0.2) is 11.5 Å². The lowest BCUT2D eigenvalue weighted by atomic mass is 10.1. The summed E-state index contributed by atoms with van der Waals surface area (Å²) in [4.78, 5) is 19.7. The Morgan fingerprint density at radius 3 is 2.66 bits per heavy atom. The van der Waals surface area contributed by atoms with Crippen molar-refractivity contribution in [3.05, 3.63) is 58.1 Å². The van der Waals surface area contributed by atoms with Crippen LogP contribution in [0, 0.1) is 6.92 Å². The van der Waals surface area contributed by atoms with Crippen LogP contribution in [0.25, 0.3) is 22.4 Å². The molecule has 0 amide bonds. The van der Waals surface area contributed by atoms with Gasteiger partial charge in [0.05, 0.1) is 30.9 Å². The van der Waals surface area contributed by atoms with Crippen LogP contribution in [0.2, 0.25) is 0 Å². The lowest BCUT2D eigenvalue weighted by molar-refractivity contribution is 0.355. The Bertz CT molecular complexity index is 1230. The number of fused-ring (bicyclic) bond motifs is 1. The molecule has 0 fully saturated rings. The van der Waals surface area contributed by atoms with Gasteiger partial charge in [-0.3, -0.25) is 4.79 Å². The van der Waals surface area contributed by atoms with Gasteiger partial charge in [0, 0.05) is 11.6 Å². The highest BCUT2D eigenvalue weighted by molar-refractivity contribution is 7.98. The molecule has 0 unspecified atom stereocenters. The van der Waals surface area contributed by atoms with Gasteiger partial charge in [0.25, 0.3) is 10.8 Å². The Kier molecular flexibility index (Phi) is 5.22. The molecule has 8 nitrogen and oxygen atoms in total. The first-order valence-corrected chi connectivity index (χ1v) is 9.74. The van der Waals surface area contributed by atoms with Gasteiger partial charge < -0.3 is 18.9 Å². The number of nitrogens with zero attached hydrogens (tertiary/aromatic N) is 3. The average molecular weight is 410 g/mol. The second kappa shape index (κ2) is 7.96. The Morgan fingerprint density at radius 2 is 1.90 bits per heavy atom. The SMILES string of the molecule is COc1cc2nc(CSc3nnc(-c4cccc(C)c4)o3)[nH]c(=O)c2cc1OC. The van der Waals surface area contributed by atoms with Gasteiger partial charge in [-0.15, -0.1) is 10.2 Å². The Hall–Kier alpha value is -3.33. The van der Waals surface area contributed by atoms with Crippen LogP contribution in [-0.2, 0) is 5.75 Å². The number of H-pyrrole nitrogens is 1. The minimum atomic E-state index is -0.252. The molecule has 1 N–H and O–H groups in total. The molecule has 0 bridgehead atoms. The maximum atomic E-state index is 12.4. The number of ether oxygens (including phenoxy) is 2. The molecule has 0 aliphatic rings. The smallest absolute Gasteiger partial charge is 0.277 e. The highest BCUT2D eigenvalue weighted by Crippen LogP contribution is 2.30. The number of rotatable bonds is 6. The molecule has 4 aromatic rings. The van der Waals surface area contributed by atoms with E-state index in [1.807, 2.05) is 31.2 Å². The summed E-state index contributed by atoms with van der Waals surface area (Å²) in [6, 6.07) is 11.1. The molecule has 29 heavy (non-hydrogen) atoms. The molecular formula is C20H18N4O4S. The summed E-state index contributed by atoms with van der Waals surface area (Å²) in [5, 5.41) is 8.98. The molecule has 0 spiro atoms. The van der Waals surface area contributed by atoms with Crippen molar-refractivity contribution in [1.82, 2.24) is 20.2 Å². The van der Waals surface area contributed by atoms with E-state index in [0.717, 1.165) is 11.1 Å². The number of aromatic nitrogens is 4. The van der Waals surface area contributed by atoms with Gasteiger partial charge in [-0.1, -0.05) is 29.5 Å². The zero-order valence-electron chi connectivity index (χ0n) is 16.1. The van der Waals surface area contributed by atoms with Crippen molar-refractivity contribution in [2.45, 2.75) is 17.9 Å². The Labute approximate surface area is 170 Å². The molecule has 9 heteroatoms. The van der Waals surface area contributed by atoms with E-state index in [1.54, 1.807) is 12.1 Å². The van der Waals surface area contributed by atoms with Gasteiger partial charge >= 0.3 is 0 Å². The molecule has 4 rings (SSSR count). The summed E-state index contributed by atoms with van der Waals surface area (Å²) in [6.07, 6.45) is 0. The Morgan fingerprint density at radius 1 is 1.10 bits per heavy atom. The fraction of sp³-hybridized carbons (Fsp3) is 0.200. The first kappa shape index (κ1) is 19.0. The van der Waals surface area contributed by atoms with Gasteiger partial charge in [-0.05, 0) is 25.1 Å². The van der Waals surface area contributed by atoms with Crippen LogP contribution in [0.3, 0.4) is 0 Å². The van der Waals surface area contributed by atoms with E-state index in [-0.39, 0.29) is 5.56 Å². The number of nitrogens with one attached hydrogen (secondary N) is 1. The number of hydrogen-bond acceptors (Lipinski definition) is 8. The van der Waals surface area contributed by atoms with Crippen molar-refractivity contribution in [3.8, 4) is 23.0 Å². The average Bonchev–Trinajstić information content (AvgIpc) is 3.20. The van der Waals surface area contributed by atoms with Crippen LogP contribution in [0.5, 0.6) is 11.5 Å². The van der Waals surface area contributed by atoms with Crippen LogP contribution in [0.4, 0.5) is 0 Å². The monoisotopic (exact) mass is 410 g/mol. The summed E-state index contributed by atoms with van der Waals surface area (Å²) < 4.78 is 16.2. The number of thioether (sulfide) groups is 1. The standard InChI is InChI=1S/C20H18N4O4S/c1-11-5-4-6-12(7-11)19-23-24-20(28-19)29-10-17-21-14-9-16(27-3)15(26-2)8-13(14)18(25)22-17/h4-9H,10H2,1-3H3,(H,21,22,25). The van der Waals surface area contributed by atoms with Gasteiger partial charge in [-0.25, -0.2) is 4.98 Å². The number of hydrogen-bond donors (Lipinski definition) is 1. The van der Waals surface area contributed by atoms with E-state index in [9.17, 15) is 4.79 Å². The predicted molar refractivity (Wildman–Crippen MR) is 109 cm³/mol. The zero-order valence-corrected chi connectivity index (χ0v) is 16.9. The van der Waals surface area contributed by atoms with E-state index >= 15 is 0 Å². The first-order chi connectivity index (χ1) is 14.1. The third-order valence-electron chi connectivity index (χ3n) is 4.26. The third kappa shape index (κ3) is 3.95. The Balaban J connectivity index is 1.56. The number of methoxy groups -OCH3 is 2. The van der Waals surface area contributed by atoms with E-state index in [0.29, 0.717) is 45.1 Å². The third-order valence-corrected chi connectivity index (χ3v) is 5.09. The largest absolute Gasteiger partial charge is 0.493 e. The summed E-state index contributed by atoms with van der Waals surface area (Å²) >= 11 is 1.30. The summed E-state index contributed by atoms with van der Waals surface area (Å²) in [5.74, 6) is 2.30. The fourth-order valence-electron chi connectivity index (χ4n) is 2.88. The van der Waals surface area contributed by atoms with Gasteiger partial charge in [0.1, 0.15) is 5.82 Å². The molecule has 148 valence electrons. The molecule has 2 aromatic carbocycles. The van der Waals surface area contributed by atoms with Crippen LogP contribution < -0.4 is 15.0 Å². The van der Waals surface area contributed by atoms with E-state index < -0.39 is 0 Å². The number of aryl methyl sites for hydroxylation is 1. The number of aromatic amines is 1. The van der Waals surface area contributed by atoms with Gasteiger partial charge in [-0.2, -0.15) is 0 Å². The van der Waals surface area contributed by atoms with E-state index in [2.05, 4.69) is 20.2 Å². The summed E-state index contributed by atoms with van der Waals surface area (Å²) in [6.45, 7) is 2.00. The van der Waals surface area contributed by atoms with Crippen molar-refractivity contribution < 1.29 is 13.9 Å². The van der Waals surface area contributed by atoms with E-state index in [4.69, 9.17) is 13.9 Å². The molecule has 0 aliphatic carbocycles. The maximum absolute atomic E-state index is 12.4. The maximum Gasteiger partial charge on any atom is 0.277 e. The molecule has 0 saturated heterocycles. The molecule has 2 heterocycles. The molecule has 0 atom stereocenters. The van der Waals surface area contributed by atoms with Crippen molar-refractivity contribution in [1.29, 1.82) is 0 Å². The molecule has 2 aromatic heterocycles. The van der Waals surface area contributed by atoms with Gasteiger partial charge in [0.2, 0.25) is 5.89 Å². The fourth-order valence-corrected chi connectivity index (χ4v) is 3.51. The van der Waals surface area contributed by atoms with Crippen molar-refractivity contribution in [3.63, 3.8) is 0 Å². The highest BCUT2D eigenvalue weighted by atomic mass is 32.2. The summed E-state index contributed by atoms with van der Waals surface area (Å²) in [7, 11) is 3.06.